The number of benzene rings is 1. The van der Waals surface area contributed by atoms with Crippen molar-refractivity contribution >= 4 is 11.9 Å². The summed E-state index contributed by atoms with van der Waals surface area (Å²) < 4.78 is 4.52. The molecule has 20 heavy (non-hydrogen) atoms. The maximum Gasteiger partial charge on any atom is 0.330 e. The van der Waals surface area contributed by atoms with Gasteiger partial charge in [-0.2, -0.15) is 0 Å². The molecule has 0 spiro atoms. The van der Waals surface area contributed by atoms with Crippen molar-refractivity contribution in [3.8, 4) is 0 Å². The first-order chi connectivity index (χ1) is 9.31. The van der Waals surface area contributed by atoms with E-state index in [-0.39, 0.29) is 5.41 Å². The topological polar surface area (TPSA) is 75.6 Å². The zero-order valence-electron chi connectivity index (χ0n) is 12.3. The average Bonchev–Trinajstić information content (AvgIpc) is 2.42. The molecule has 2 N–H and O–H groups in total. The molecule has 1 amide bonds. The van der Waals surface area contributed by atoms with Crippen molar-refractivity contribution in [3.63, 3.8) is 0 Å². The molecule has 1 rings (SSSR count). The van der Waals surface area contributed by atoms with Crippen molar-refractivity contribution in [1.29, 1.82) is 0 Å². The number of carbonyl (C=O) groups is 2. The Morgan fingerprint density at radius 2 is 1.90 bits per heavy atom. The van der Waals surface area contributed by atoms with Gasteiger partial charge in [-0.25, -0.2) is 4.79 Å². The number of aliphatic hydroxyl groups is 1. The second kappa shape index (κ2) is 6.52. The van der Waals surface area contributed by atoms with E-state index >= 15 is 0 Å². The van der Waals surface area contributed by atoms with E-state index in [2.05, 4.69) is 10.1 Å². The third-order valence-corrected chi connectivity index (χ3v) is 2.95. The summed E-state index contributed by atoms with van der Waals surface area (Å²) in [4.78, 5) is 23.7. The summed E-state index contributed by atoms with van der Waals surface area (Å²) in [5.74, 6) is -1.07. The van der Waals surface area contributed by atoms with E-state index in [0.717, 1.165) is 5.56 Å². The highest BCUT2D eigenvalue weighted by atomic mass is 16.5. The van der Waals surface area contributed by atoms with Crippen LogP contribution in [-0.2, 0) is 14.9 Å². The van der Waals surface area contributed by atoms with Crippen molar-refractivity contribution in [3.05, 3.63) is 35.4 Å². The molecule has 1 atom stereocenters. The summed E-state index contributed by atoms with van der Waals surface area (Å²) >= 11 is 0. The molecule has 1 unspecified atom stereocenters. The van der Waals surface area contributed by atoms with Crippen LogP contribution < -0.4 is 5.32 Å². The molecule has 1 aromatic rings. The van der Waals surface area contributed by atoms with Gasteiger partial charge in [0.05, 0.1) is 13.7 Å². The number of amides is 1. The van der Waals surface area contributed by atoms with Crippen LogP contribution in [0.2, 0.25) is 0 Å². The molecule has 0 aromatic heterocycles. The van der Waals surface area contributed by atoms with Crippen molar-refractivity contribution in [2.24, 2.45) is 0 Å². The quantitative estimate of drug-likeness (QED) is 0.813. The van der Waals surface area contributed by atoms with Crippen LogP contribution in [0.1, 0.15) is 36.7 Å². The minimum atomic E-state index is -1.06. The summed E-state index contributed by atoms with van der Waals surface area (Å²) in [6.07, 6.45) is 0. The molecular formula is C15H21NO4. The molecule has 0 aliphatic carbocycles. The molecule has 0 aliphatic heterocycles. The third-order valence-electron chi connectivity index (χ3n) is 2.95. The molecule has 0 aliphatic rings. The van der Waals surface area contributed by atoms with Gasteiger partial charge in [-0.3, -0.25) is 4.79 Å². The van der Waals surface area contributed by atoms with Crippen molar-refractivity contribution in [2.75, 3.05) is 13.7 Å². The summed E-state index contributed by atoms with van der Waals surface area (Å²) in [5.41, 5.74) is 1.16. The van der Waals surface area contributed by atoms with Crippen molar-refractivity contribution in [1.82, 2.24) is 5.32 Å². The van der Waals surface area contributed by atoms with E-state index in [4.69, 9.17) is 5.11 Å². The first kappa shape index (κ1) is 16.2. The molecule has 1 aromatic carbocycles. The standard InChI is InChI=1S/C15H21NO4/c1-15(2,3)11-8-6-5-7-10(11)13(18)16-12(9-17)14(19)20-4/h5-8,12,17H,9H2,1-4H3,(H,16,18). The second-order valence-electron chi connectivity index (χ2n) is 5.53. The molecule has 0 fully saturated rings. The molecule has 0 saturated heterocycles. The lowest BCUT2D eigenvalue weighted by atomic mass is 9.83. The predicted octanol–water partition coefficient (Wildman–Crippen LogP) is 1.25. The van der Waals surface area contributed by atoms with Gasteiger partial charge in [0, 0.05) is 5.56 Å². The van der Waals surface area contributed by atoms with Crippen LogP contribution in [0.5, 0.6) is 0 Å². The predicted molar refractivity (Wildman–Crippen MR) is 75.5 cm³/mol. The zero-order valence-corrected chi connectivity index (χ0v) is 12.3. The van der Waals surface area contributed by atoms with Crippen LogP contribution in [0.4, 0.5) is 0 Å². The van der Waals surface area contributed by atoms with E-state index < -0.39 is 24.5 Å². The fourth-order valence-electron chi connectivity index (χ4n) is 1.89. The zero-order chi connectivity index (χ0) is 15.3. The number of carbonyl (C=O) groups excluding carboxylic acids is 2. The Morgan fingerprint density at radius 3 is 2.40 bits per heavy atom. The largest absolute Gasteiger partial charge is 0.467 e. The highest BCUT2D eigenvalue weighted by Crippen LogP contribution is 2.25. The van der Waals surface area contributed by atoms with Crippen LogP contribution in [-0.4, -0.2) is 36.7 Å². The summed E-state index contributed by atoms with van der Waals surface area (Å²) in [7, 11) is 1.21. The third kappa shape index (κ3) is 3.81. The maximum atomic E-state index is 12.3. The van der Waals surface area contributed by atoms with Gasteiger partial charge < -0.3 is 15.2 Å². The van der Waals surface area contributed by atoms with E-state index in [1.807, 2.05) is 32.9 Å². The molecule has 0 saturated carbocycles. The average molecular weight is 279 g/mol. The van der Waals surface area contributed by atoms with Crippen LogP contribution in [0, 0.1) is 0 Å². The maximum absolute atomic E-state index is 12.3. The van der Waals surface area contributed by atoms with E-state index in [1.165, 1.54) is 7.11 Å². The van der Waals surface area contributed by atoms with Gasteiger partial charge in [0.1, 0.15) is 0 Å². The van der Waals surface area contributed by atoms with E-state index in [0.29, 0.717) is 5.56 Å². The van der Waals surface area contributed by atoms with E-state index in [9.17, 15) is 9.59 Å². The highest BCUT2D eigenvalue weighted by molar-refractivity contribution is 5.98. The second-order valence-corrected chi connectivity index (χ2v) is 5.53. The molecule has 0 radical (unpaired) electrons. The fourth-order valence-corrected chi connectivity index (χ4v) is 1.89. The number of nitrogens with one attached hydrogen (secondary N) is 1. The highest BCUT2D eigenvalue weighted by Gasteiger charge is 2.25. The number of aliphatic hydroxyl groups excluding tert-OH is 1. The first-order valence-corrected chi connectivity index (χ1v) is 6.40. The fraction of sp³-hybridized carbons (Fsp3) is 0.467. The molecule has 5 nitrogen and oxygen atoms in total. The Hall–Kier alpha value is -1.88. The summed E-state index contributed by atoms with van der Waals surface area (Å²) in [6, 6.07) is 6.14. The minimum Gasteiger partial charge on any atom is -0.467 e. The molecule has 0 bridgehead atoms. The Labute approximate surface area is 118 Å². The van der Waals surface area contributed by atoms with Gasteiger partial charge >= 0.3 is 5.97 Å². The summed E-state index contributed by atoms with van der Waals surface area (Å²) in [5, 5.41) is 11.6. The summed E-state index contributed by atoms with van der Waals surface area (Å²) in [6.45, 7) is 5.50. The molecular weight excluding hydrogens is 258 g/mol. The van der Waals surface area contributed by atoms with Gasteiger partial charge in [0.2, 0.25) is 0 Å². The number of methoxy groups -OCH3 is 1. The van der Waals surface area contributed by atoms with Gasteiger partial charge in [-0.15, -0.1) is 0 Å². The lowest BCUT2D eigenvalue weighted by Crippen LogP contribution is -2.44. The number of esters is 1. The van der Waals surface area contributed by atoms with Crippen LogP contribution in [0.3, 0.4) is 0 Å². The Morgan fingerprint density at radius 1 is 1.30 bits per heavy atom. The van der Waals surface area contributed by atoms with Crippen LogP contribution in [0.25, 0.3) is 0 Å². The van der Waals surface area contributed by atoms with Crippen molar-refractivity contribution in [2.45, 2.75) is 32.2 Å². The Balaban J connectivity index is 3.01. The number of rotatable bonds is 4. The smallest absolute Gasteiger partial charge is 0.330 e. The van der Waals surface area contributed by atoms with E-state index in [1.54, 1.807) is 12.1 Å². The van der Waals surface area contributed by atoms with Crippen LogP contribution in [0.15, 0.2) is 24.3 Å². The molecule has 5 heteroatoms. The number of hydrogen-bond acceptors (Lipinski definition) is 4. The Bertz CT molecular complexity index is 491. The van der Waals surface area contributed by atoms with Crippen LogP contribution >= 0.6 is 0 Å². The van der Waals surface area contributed by atoms with Gasteiger partial charge in [0.15, 0.2) is 6.04 Å². The number of ether oxygens (including phenoxy) is 1. The SMILES string of the molecule is COC(=O)C(CO)NC(=O)c1ccccc1C(C)(C)C. The number of hydrogen-bond donors (Lipinski definition) is 2. The minimum absolute atomic E-state index is 0.200. The molecule has 0 heterocycles. The van der Waals surface area contributed by atoms with Crippen molar-refractivity contribution < 1.29 is 19.4 Å². The van der Waals surface area contributed by atoms with Gasteiger partial charge in [0.25, 0.3) is 5.91 Å². The van der Waals surface area contributed by atoms with Gasteiger partial charge in [-0.1, -0.05) is 39.0 Å². The lowest BCUT2D eigenvalue weighted by molar-refractivity contribution is -0.143. The monoisotopic (exact) mass is 279 g/mol. The normalized spacial score (nSPS) is 12.7. The first-order valence-electron chi connectivity index (χ1n) is 6.40. The Kier molecular flexibility index (Phi) is 5.27. The molecule has 110 valence electrons. The van der Waals surface area contributed by atoms with Gasteiger partial charge in [-0.05, 0) is 17.0 Å². The lowest BCUT2D eigenvalue weighted by Gasteiger charge is -2.23.